The number of halogens is 2. The van der Waals surface area contributed by atoms with Crippen molar-refractivity contribution in [3.63, 3.8) is 0 Å². The molecule has 1 aromatic rings. The zero-order valence-electron chi connectivity index (χ0n) is 18.3. The van der Waals surface area contributed by atoms with Crippen LogP contribution in [0.4, 0.5) is 20.2 Å². The minimum Gasteiger partial charge on any atom is -0.340 e. The van der Waals surface area contributed by atoms with E-state index in [0.717, 1.165) is 76.7 Å². The number of rotatable bonds is 3. The Morgan fingerprint density at radius 2 is 1.73 bits per heavy atom. The number of carbonyl (C=O) groups is 1. The summed E-state index contributed by atoms with van der Waals surface area (Å²) >= 11 is 0. The second-order valence-electron chi connectivity index (χ2n) is 9.87. The Labute approximate surface area is 178 Å². The normalized spacial score (nSPS) is 24.1. The summed E-state index contributed by atoms with van der Waals surface area (Å²) in [7, 11) is 0. The number of hydrogen-bond donors (Lipinski definition) is 2. The first-order valence-electron chi connectivity index (χ1n) is 11.4. The van der Waals surface area contributed by atoms with Crippen LogP contribution in [0, 0.1) is 17.0 Å². The molecule has 1 unspecified atom stereocenters. The predicted octanol–water partition coefficient (Wildman–Crippen LogP) is 3.84. The predicted molar refractivity (Wildman–Crippen MR) is 116 cm³/mol. The summed E-state index contributed by atoms with van der Waals surface area (Å²) in [5.41, 5.74) is 0.732. The van der Waals surface area contributed by atoms with Crippen LogP contribution in [-0.2, 0) is 4.79 Å². The summed E-state index contributed by atoms with van der Waals surface area (Å²) in [4.78, 5) is 15.0. The van der Waals surface area contributed by atoms with Crippen molar-refractivity contribution < 1.29 is 13.6 Å². The molecule has 4 rings (SSSR count). The number of quaternary nitrogens is 1. The highest BCUT2D eigenvalue weighted by Gasteiger charge is 2.55. The quantitative estimate of drug-likeness (QED) is 0.729. The van der Waals surface area contributed by atoms with E-state index in [2.05, 4.69) is 24.5 Å². The van der Waals surface area contributed by atoms with Gasteiger partial charge in [-0.1, -0.05) is 20.3 Å². The van der Waals surface area contributed by atoms with Crippen molar-refractivity contribution in [2.24, 2.45) is 5.41 Å². The molecule has 0 aromatic heterocycles. The lowest BCUT2D eigenvalue weighted by atomic mass is 9.82. The maximum absolute atomic E-state index is 14.8. The highest BCUT2D eigenvalue weighted by molar-refractivity contribution is 5.79. The van der Waals surface area contributed by atoms with Gasteiger partial charge in [-0.15, -0.1) is 0 Å². The molecule has 1 amide bonds. The van der Waals surface area contributed by atoms with Gasteiger partial charge in [0.1, 0.15) is 11.5 Å². The lowest BCUT2D eigenvalue weighted by Crippen LogP contribution is -2.64. The highest BCUT2D eigenvalue weighted by atomic mass is 19.1. The lowest BCUT2D eigenvalue weighted by molar-refractivity contribution is -0.134. The van der Waals surface area contributed by atoms with Gasteiger partial charge in [0.25, 0.3) is 0 Å². The zero-order chi connectivity index (χ0) is 21.4. The highest BCUT2D eigenvalue weighted by Crippen LogP contribution is 2.50. The van der Waals surface area contributed by atoms with Crippen LogP contribution in [-0.4, -0.2) is 56.2 Å². The average molecular weight is 422 g/mol. The van der Waals surface area contributed by atoms with Crippen molar-refractivity contribution >= 4 is 17.3 Å². The molecule has 30 heavy (non-hydrogen) atoms. The second-order valence-corrected chi connectivity index (χ2v) is 9.87. The van der Waals surface area contributed by atoms with E-state index in [1.54, 1.807) is 0 Å². The molecule has 3 aliphatic rings. The van der Waals surface area contributed by atoms with Gasteiger partial charge in [0.2, 0.25) is 5.91 Å². The first-order valence-corrected chi connectivity index (χ1v) is 11.4. The van der Waals surface area contributed by atoms with Crippen LogP contribution in [0.15, 0.2) is 12.1 Å². The number of fused-ring (bicyclic) bond motifs is 2. The summed E-state index contributed by atoms with van der Waals surface area (Å²) < 4.78 is 29.6. The van der Waals surface area contributed by atoms with E-state index in [9.17, 15) is 13.6 Å². The Hall–Kier alpha value is -1.73. The van der Waals surface area contributed by atoms with Crippen LogP contribution >= 0.6 is 0 Å². The third-order valence-electron chi connectivity index (χ3n) is 7.22. The van der Waals surface area contributed by atoms with Crippen LogP contribution in [0.3, 0.4) is 0 Å². The summed E-state index contributed by atoms with van der Waals surface area (Å²) in [6.45, 7) is 9.00. The largest absolute Gasteiger partial charge is 0.340 e. The van der Waals surface area contributed by atoms with Gasteiger partial charge in [-0.2, -0.15) is 0 Å². The Bertz CT molecular complexity index is 784. The molecule has 1 spiro atoms. The molecule has 166 valence electrons. The maximum Gasteiger partial charge on any atom is 0.223 e. The van der Waals surface area contributed by atoms with Gasteiger partial charge in [0.15, 0.2) is 17.7 Å². The number of benzene rings is 1. The van der Waals surface area contributed by atoms with Crippen LogP contribution < -0.4 is 15.1 Å². The van der Waals surface area contributed by atoms with Gasteiger partial charge in [0.05, 0.1) is 13.1 Å². The number of anilines is 1. The Balaban J connectivity index is 1.67. The Morgan fingerprint density at radius 1 is 1.10 bits per heavy atom. The molecule has 0 radical (unpaired) electrons. The number of piperazine rings is 1. The van der Waals surface area contributed by atoms with Crippen LogP contribution in [0.2, 0.25) is 0 Å². The number of carbonyl (C=O) groups excluding carboxylic acids is 1. The van der Waals surface area contributed by atoms with Gasteiger partial charge in [-0.25, -0.2) is 8.78 Å². The first-order chi connectivity index (χ1) is 14.3. The minimum atomic E-state index is -0.531. The van der Waals surface area contributed by atoms with E-state index in [-0.39, 0.29) is 12.1 Å². The number of hydrogen-bond acceptors (Lipinski definition) is 3. The average Bonchev–Trinajstić information content (AvgIpc) is 3.01. The Morgan fingerprint density at radius 3 is 2.40 bits per heavy atom. The van der Waals surface area contributed by atoms with E-state index in [1.807, 2.05) is 4.90 Å². The Kier molecular flexibility index (Phi) is 6.04. The fraction of sp³-hybridized carbons (Fsp3) is 0.696. The molecule has 7 heteroatoms. The molecular weight excluding hydrogens is 386 g/mol. The first kappa shape index (κ1) is 21.5. The smallest absolute Gasteiger partial charge is 0.223 e. The van der Waals surface area contributed by atoms with E-state index in [4.69, 9.17) is 0 Å². The molecule has 2 N–H and O–H groups in total. The fourth-order valence-electron chi connectivity index (χ4n) is 5.76. The number of nitrogens with one attached hydrogen (secondary N) is 2. The monoisotopic (exact) mass is 421 g/mol. The van der Waals surface area contributed by atoms with Gasteiger partial charge in [0, 0.05) is 50.1 Å². The molecule has 0 saturated carbocycles. The lowest BCUT2D eigenvalue weighted by Gasteiger charge is -2.47. The SMILES string of the molecule is CC(C)(CC(=O)N1CCNCC1)C1Nc2c(F)cc(F)cc2[N+]12CCCCCCC2. The van der Waals surface area contributed by atoms with E-state index >= 15 is 0 Å². The van der Waals surface area contributed by atoms with Crippen LogP contribution in [0.25, 0.3) is 0 Å². The molecule has 0 aliphatic carbocycles. The number of nitrogens with zero attached hydrogens (tertiary/aromatic N) is 2. The fourth-order valence-corrected chi connectivity index (χ4v) is 5.76. The van der Waals surface area contributed by atoms with Gasteiger partial charge in [-0.3, -0.25) is 9.28 Å². The maximum atomic E-state index is 14.8. The topological polar surface area (TPSA) is 44.4 Å². The molecular formula is C23H35F2N4O+. The molecule has 3 heterocycles. The number of amides is 1. The van der Waals surface area contributed by atoms with E-state index < -0.39 is 17.0 Å². The van der Waals surface area contributed by atoms with Crippen molar-refractivity contribution in [2.75, 3.05) is 44.6 Å². The van der Waals surface area contributed by atoms with Gasteiger partial charge < -0.3 is 15.5 Å². The molecule has 1 atom stereocenters. The van der Waals surface area contributed by atoms with E-state index in [1.165, 1.54) is 12.5 Å². The molecule has 5 nitrogen and oxygen atoms in total. The molecule has 2 fully saturated rings. The third kappa shape index (κ3) is 3.94. The molecule has 3 aliphatic heterocycles. The zero-order valence-corrected chi connectivity index (χ0v) is 18.3. The third-order valence-corrected chi connectivity index (χ3v) is 7.22. The summed E-state index contributed by atoms with van der Waals surface area (Å²) in [6, 6.07) is 2.48. The summed E-state index contributed by atoms with van der Waals surface area (Å²) in [6.07, 6.45) is 5.78. The minimum absolute atomic E-state index is 0.149. The van der Waals surface area contributed by atoms with Crippen molar-refractivity contribution in [3.05, 3.63) is 23.8 Å². The van der Waals surface area contributed by atoms with Crippen LogP contribution in [0.1, 0.15) is 52.4 Å². The van der Waals surface area contributed by atoms with Crippen molar-refractivity contribution in [1.29, 1.82) is 0 Å². The van der Waals surface area contributed by atoms with Crippen molar-refractivity contribution in [2.45, 2.75) is 58.5 Å². The van der Waals surface area contributed by atoms with Crippen molar-refractivity contribution in [3.8, 4) is 0 Å². The van der Waals surface area contributed by atoms with Gasteiger partial charge in [-0.05, 0) is 25.7 Å². The van der Waals surface area contributed by atoms with Crippen molar-refractivity contribution in [1.82, 2.24) is 14.7 Å². The van der Waals surface area contributed by atoms with E-state index in [0.29, 0.717) is 16.6 Å². The summed E-state index contributed by atoms with van der Waals surface area (Å²) in [5, 5.41) is 6.72. The standard InChI is InChI=1S/C23H35F2N4O/c1-23(2,16-20(30)28-10-8-26-9-11-28)22-27-21-18(25)14-17(24)15-19(21)29(22)12-6-4-3-5-7-13-29/h14-15,22,26-27H,3-13,16H2,1-2H3/q+1. The second kappa shape index (κ2) is 8.42. The molecule has 0 bridgehead atoms. The molecule has 1 aromatic carbocycles. The summed E-state index contributed by atoms with van der Waals surface area (Å²) in [5.74, 6) is -0.907. The van der Waals surface area contributed by atoms with Gasteiger partial charge >= 0.3 is 0 Å². The van der Waals surface area contributed by atoms with Crippen LogP contribution in [0.5, 0.6) is 0 Å². The molecule has 2 saturated heterocycles.